The molecule has 7 nitrogen and oxygen atoms in total. The molecule has 0 aliphatic rings. The number of aromatic nitrogens is 4. The van der Waals surface area contributed by atoms with Crippen molar-refractivity contribution in [2.75, 3.05) is 5.32 Å². The highest BCUT2D eigenvalue weighted by molar-refractivity contribution is 6.02. The summed E-state index contributed by atoms with van der Waals surface area (Å²) in [6.45, 7) is 10.2. The van der Waals surface area contributed by atoms with Crippen molar-refractivity contribution in [1.29, 1.82) is 0 Å². The van der Waals surface area contributed by atoms with E-state index in [1.165, 1.54) is 0 Å². The lowest BCUT2D eigenvalue weighted by Crippen LogP contribution is -2.24. The fourth-order valence-electron chi connectivity index (χ4n) is 2.86. The standard InChI is InChI=1S/C18H27N5O2/c1-6-14(7-2)23-16(12(5)10-19-23)22-17(24)15-9-13(8-11(3)4)20-18(25)21-15/h9-11,14H,6-8H2,1-5H3,(H,22,24)(H,20,21,25). The summed E-state index contributed by atoms with van der Waals surface area (Å²) < 4.78 is 1.84. The van der Waals surface area contributed by atoms with Crippen LogP contribution in [-0.2, 0) is 6.42 Å². The number of nitrogens with one attached hydrogen (secondary N) is 2. The van der Waals surface area contributed by atoms with Gasteiger partial charge in [-0.25, -0.2) is 9.48 Å². The minimum atomic E-state index is -0.506. The third kappa shape index (κ3) is 4.55. The van der Waals surface area contributed by atoms with Crippen LogP contribution in [0.15, 0.2) is 17.1 Å². The molecular formula is C18H27N5O2. The molecule has 2 rings (SSSR count). The number of nitrogens with zero attached hydrogens (tertiary/aromatic N) is 3. The number of amides is 1. The summed E-state index contributed by atoms with van der Waals surface area (Å²) in [5.74, 6) is 0.630. The molecule has 0 aromatic carbocycles. The molecule has 0 atom stereocenters. The molecule has 0 unspecified atom stereocenters. The lowest BCUT2D eigenvalue weighted by Gasteiger charge is -2.17. The molecule has 0 saturated heterocycles. The van der Waals surface area contributed by atoms with Gasteiger partial charge < -0.3 is 10.3 Å². The van der Waals surface area contributed by atoms with E-state index in [1.54, 1.807) is 12.3 Å². The zero-order valence-electron chi connectivity index (χ0n) is 15.6. The number of hydrogen-bond acceptors (Lipinski definition) is 4. The summed E-state index contributed by atoms with van der Waals surface area (Å²) in [6, 6.07) is 1.86. The quantitative estimate of drug-likeness (QED) is 0.806. The van der Waals surface area contributed by atoms with Crippen LogP contribution in [0.5, 0.6) is 0 Å². The van der Waals surface area contributed by atoms with Gasteiger partial charge in [0.25, 0.3) is 5.91 Å². The first-order chi connectivity index (χ1) is 11.8. The van der Waals surface area contributed by atoms with Gasteiger partial charge in [0.2, 0.25) is 0 Å². The Morgan fingerprint density at radius 3 is 2.60 bits per heavy atom. The Balaban J connectivity index is 2.30. The molecule has 0 aliphatic carbocycles. The van der Waals surface area contributed by atoms with Crippen LogP contribution in [-0.4, -0.2) is 25.7 Å². The zero-order chi connectivity index (χ0) is 18.6. The highest BCUT2D eigenvalue weighted by Crippen LogP contribution is 2.24. The van der Waals surface area contributed by atoms with Crippen LogP contribution in [0.25, 0.3) is 0 Å². The van der Waals surface area contributed by atoms with Crippen LogP contribution >= 0.6 is 0 Å². The van der Waals surface area contributed by atoms with Gasteiger partial charge in [-0.05, 0) is 38.2 Å². The van der Waals surface area contributed by atoms with Crippen molar-refractivity contribution in [3.8, 4) is 0 Å². The maximum atomic E-state index is 12.6. The molecule has 2 aromatic heterocycles. The first kappa shape index (κ1) is 18.9. The van der Waals surface area contributed by atoms with E-state index in [0.717, 1.165) is 18.4 Å². The smallest absolute Gasteiger partial charge is 0.310 e. The van der Waals surface area contributed by atoms with Gasteiger partial charge >= 0.3 is 5.69 Å². The normalized spacial score (nSPS) is 11.3. The third-order valence-corrected chi connectivity index (χ3v) is 4.16. The number of carbonyl (C=O) groups excluding carboxylic acids is 1. The van der Waals surface area contributed by atoms with Crippen molar-refractivity contribution in [3.05, 3.63) is 39.7 Å². The second-order valence-electron chi connectivity index (χ2n) is 6.74. The predicted octanol–water partition coefficient (Wildman–Crippen LogP) is 3.09. The van der Waals surface area contributed by atoms with Crippen molar-refractivity contribution in [3.63, 3.8) is 0 Å². The van der Waals surface area contributed by atoms with Gasteiger partial charge in [0.1, 0.15) is 11.5 Å². The first-order valence-corrected chi connectivity index (χ1v) is 8.81. The van der Waals surface area contributed by atoms with Crippen molar-refractivity contribution < 1.29 is 4.79 Å². The lowest BCUT2D eigenvalue weighted by molar-refractivity contribution is 0.102. The van der Waals surface area contributed by atoms with E-state index in [9.17, 15) is 9.59 Å². The fourth-order valence-corrected chi connectivity index (χ4v) is 2.86. The molecule has 2 N–H and O–H groups in total. The average molecular weight is 345 g/mol. The van der Waals surface area contributed by atoms with Crippen molar-refractivity contribution in [2.45, 2.75) is 59.9 Å². The summed E-state index contributed by atoms with van der Waals surface area (Å²) in [7, 11) is 0. The zero-order valence-corrected chi connectivity index (χ0v) is 15.6. The van der Waals surface area contributed by atoms with Crippen LogP contribution < -0.4 is 11.0 Å². The molecule has 0 spiro atoms. The molecule has 2 aromatic rings. The summed E-state index contributed by atoms with van der Waals surface area (Å²) in [5, 5.41) is 7.27. The molecule has 0 bridgehead atoms. The Labute approximate surface area is 147 Å². The van der Waals surface area contributed by atoms with E-state index < -0.39 is 11.6 Å². The number of aryl methyl sites for hydroxylation is 1. The summed E-state index contributed by atoms with van der Waals surface area (Å²) in [6.07, 6.45) is 4.26. The number of anilines is 1. The van der Waals surface area contributed by atoms with E-state index in [4.69, 9.17) is 0 Å². The number of hydrogen-bond donors (Lipinski definition) is 2. The van der Waals surface area contributed by atoms with Crippen LogP contribution in [0.2, 0.25) is 0 Å². The maximum absolute atomic E-state index is 12.6. The Morgan fingerprint density at radius 2 is 2.00 bits per heavy atom. The summed E-state index contributed by atoms with van der Waals surface area (Å²) >= 11 is 0. The third-order valence-electron chi connectivity index (χ3n) is 4.16. The predicted molar refractivity (Wildman–Crippen MR) is 97.9 cm³/mol. The van der Waals surface area contributed by atoms with Crippen molar-refractivity contribution in [2.24, 2.45) is 5.92 Å². The number of rotatable bonds is 7. The Hall–Kier alpha value is -2.44. The number of H-pyrrole nitrogens is 1. The topological polar surface area (TPSA) is 92.7 Å². The largest absolute Gasteiger partial charge is 0.345 e. The van der Waals surface area contributed by atoms with Crippen LogP contribution in [0.1, 0.15) is 68.3 Å². The molecule has 25 heavy (non-hydrogen) atoms. The van der Waals surface area contributed by atoms with Crippen LogP contribution in [0, 0.1) is 12.8 Å². The second kappa shape index (κ2) is 8.09. The molecule has 0 aliphatic heterocycles. The van der Waals surface area contributed by atoms with Gasteiger partial charge in [0, 0.05) is 11.3 Å². The minimum absolute atomic E-state index is 0.121. The van der Waals surface area contributed by atoms with Crippen molar-refractivity contribution in [1.82, 2.24) is 19.7 Å². The van der Waals surface area contributed by atoms with E-state index in [2.05, 4.69) is 48.1 Å². The van der Waals surface area contributed by atoms with Crippen LogP contribution in [0.3, 0.4) is 0 Å². The fraction of sp³-hybridized carbons (Fsp3) is 0.556. The molecule has 2 heterocycles. The average Bonchev–Trinajstić information content (AvgIpc) is 2.89. The van der Waals surface area contributed by atoms with Gasteiger partial charge in [-0.3, -0.25) is 4.79 Å². The minimum Gasteiger partial charge on any atom is -0.310 e. The Bertz CT molecular complexity index is 787. The van der Waals surface area contributed by atoms with E-state index >= 15 is 0 Å². The first-order valence-electron chi connectivity index (χ1n) is 8.81. The van der Waals surface area contributed by atoms with E-state index in [-0.39, 0.29) is 11.7 Å². The van der Waals surface area contributed by atoms with Gasteiger partial charge in [0.15, 0.2) is 0 Å². The number of carbonyl (C=O) groups is 1. The SMILES string of the molecule is CCC(CC)n1ncc(C)c1NC(=O)c1cc(CC(C)C)[nH]c(=O)n1. The lowest BCUT2D eigenvalue weighted by atomic mass is 10.1. The highest BCUT2D eigenvalue weighted by atomic mass is 16.2. The molecule has 7 heteroatoms. The molecule has 1 amide bonds. The number of aromatic amines is 1. The molecule has 0 fully saturated rings. The van der Waals surface area contributed by atoms with Crippen LogP contribution in [0.4, 0.5) is 5.82 Å². The maximum Gasteiger partial charge on any atom is 0.345 e. The molecule has 0 saturated carbocycles. The summed E-state index contributed by atoms with van der Waals surface area (Å²) in [4.78, 5) is 30.9. The monoisotopic (exact) mass is 345 g/mol. The highest BCUT2D eigenvalue weighted by Gasteiger charge is 2.18. The summed E-state index contributed by atoms with van der Waals surface area (Å²) in [5.41, 5.74) is 1.21. The van der Waals surface area contributed by atoms with Gasteiger partial charge in [0.05, 0.1) is 12.2 Å². The van der Waals surface area contributed by atoms with E-state index in [1.807, 2.05) is 11.6 Å². The van der Waals surface area contributed by atoms with Gasteiger partial charge in [-0.2, -0.15) is 10.1 Å². The van der Waals surface area contributed by atoms with Crippen molar-refractivity contribution >= 4 is 11.7 Å². The molecular weight excluding hydrogens is 318 g/mol. The molecule has 0 radical (unpaired) electrons. The van der Waals surface area contributed by atoms with Gasteiger partial charge in [-0.1, -0.05) is 27.7 Å². The van der Waals surface area contributed by atoms with E-state index in [0.29, 0.717) is 23.9 Å². The Morgan fingerprint density at radius 1 is 1.32 bits per heavy atom. The molecule has 136 valence electrons. The van der Waals surface area contributed by atoms with Gasteiger partial charge in [-0.15, -0.1) is 0 Å². The Kier molecular flexibility index (Phi) is 6.12. The second-order valence-corrected chi connectivity index (χ2v) is 6.74.